The third-order valence-electron chi connectivity index (χ3n) is 5.63. The van der Waals surface area contributed by atoms with E-state index >= 15 is 0 Å². The largest absolute Gasteiger partial charge is 0.454 e. The Bertz CT molecular complexity index is 1370. The van der Waals surface area contributed by atoms with Crippen LogP contribution in [0.25, 0.3) is 38.4 Å². The summed E-state index contributed by atoms with van der Waals surface area (Å²) in [6, 6.07) is 20.7. The van der Waals surface area contributed by atoms with Crippen molar-refractivity contribution in [2.45, 2.75) is 26.1 Å². The Balaban J connectivity index is 1.92. The number of fused-ring (bicyclic) bond motifs is 8. The van der Waals surface area contributed by atoms with Gasteiger partial charge in [0.1, 0.15) is 0 Å². The summed E-state index contributed by atoms with van der Waals surface area (Å²) in [7, 11) is 0. The van der Waals surface area contributed by atoms with E-state index in [1.165, 1.54) is 30.0 Å². The van der Waals surface area contributed by atoms with Crippen LogP contribution in [0.2, 0.25) is 0 Å². The lowest BCUT2D eigenvalue weighted by atomic mass is 9.83. The number of carbonyl (C=O) groups is 2. The van der Waals surface area contributed by atoms with Crippen LogP contribution >= 0.6 is 0 Å². The van der Waals surface area contributed by atoms with Crippen LogP contribution in [-0.2, 0) is 19.1 Å². The van der Waals surface area contributed by atoms with E-state index in [4.69, 9.17) is 9.47 Å². The number of benzene rings is 4. The molecule has 1 aliphatic rings. The van der Waals surface area contributed by atoms with Crippen LogP contribution in [0.1, 0.15) is 31.1 Å². The van der Waals surface area contributed by atoms with E-state index < -0.39 is 24.1 Å². The maximum atomic E-state index is 11.9. The first-order valence-electron chi connectivity index (χ1n) is 9.93. The van der Waals surface area contributed by atoms with Gasteiger partial charge in [-0.05, 0) is 44.0 Å². The number of hydrogen-bond donors (Lipinski definition) is 0. The third kappa shape index (κ3) is 2.84. The molecule has 0 aromatic heterocycles. The number of carbonyl (C=O) groups excluding carboxylic acids is 2. The van der Waals surface area contributed by atoms with Crippen LogP contribution in [-0.4, -0.2) is 18.0 Å². The van der Waals surface area contributed by atoms with Crippen LogP contribution in [0.3, 0.4) is 0 Å². The molecule has 0 bridgehead atoms. The summed E-state index contributed by atoms with van der Waals surface area (Å²) in [5.41, 5.74) is 1.86. The van der Waals surface area contributed by atoms with Crippen molar-refractivity contribution in [3.05, 3.63) is 77.9 Å². The lowest BCUT2D eigenvalue weighted by Crippen LogP contribution is -2.29. The SMILES string of the molecule is CC(=O)O[C@H]1C=Cc2c(c3ccccc3c3c2ccc2ccccc23)[C@@H]1OC(C)=O. The number of esters is 2. The number of hydrogen-bond acceptors (Lipinski definition) is 4. The average Bonchev–Trinajstić information content (AvgIpc) is 2.74. The maximum absolute atomic E-state index is 11.9. The molecule has 0 unspecified atom stereocenters. The molecular weight excluding hydrogens is 376 g/mol. The van der Waals surface area contributed by atoms with Gasteiger partial charge in [-0.3, -0.25) is 9.59 Å². The van der Waals surface area contributed by atoms with Crippen molar-refractivity contribution < 1.29 is 19.1 Å². The maximum Gasteiger partial charge on any atom is 0.303 e. The Kier molecular flexibility index (Phi) is 4.28. The third-order valence-corrected chi connectivity index (χ3v) is 5.63. The minimum absolute atomic E-state index is 0.415. The molecule has 0 amide bonds. The topological polar surface area (TPSA) is 52.6 Å². The molecule has 0 spiro atoms. The molecule has 0 fully saturated rings. The fraction of sp³-hybridized carbons (Fsp3) is 0.154. The summed E-state index contributed by atoms with van der Waals surface area (Å²) in [5.74, 6) is -0.831. The van der Waals surface area contributed by atoms with Gasteiger partial charge >= 0.3 is 11.9 Å². The van der Waals surface area contributed by atoms with Gasteiger partial charge in [-0.25, -0.2) is 0 Å². The van der Waals surface area contributed by atoms with Gasteiger partial charge in [0.15, 0.2) is 12.2 Å². The zero-order valence-corrected chi connectivity index (χ0v) is 16.7. The van der Waals surface area contributed by atoms with E-state index in [-0.39, 0.29) is 0 Å². The second kappa shape index (κ2) is 6.99. The Labute approximate surface area is 173 Å². The van der Waals surface area contributed by atoms with Gasteiger partial charge < -0.3 is 9.47 Å². The molecule has 4 aromatic rings. The van der Waals surface area contributed by atoms with E-state index in [0.717, 1.165) is 27.3 Å². The lowest BCUT2D eigenvalue weighted by molar-refractivity contribution is -0.162. The highest BCUT2D eigenvalue weighted by Gasteiger charge is 2.34. The zero-order chi connectivity index (χ0) is 20.8. The molecule has 4 aromatic carbocycles. The molecular formula is C26H20O4. The molecule has 0 saturated heterocycles. The summed E-state index contributed by atoms with van der Waals surface area (Å²) in [6.07, 6.45) is 2.42. The van der Waals surface area contributed by atoms with Gasteiger partial charge in [0.25, 0.3) is 0 Å². The fourth-order valence-electron chi connectivity index (χ4n) is 4.55. The van der Waals surface area contributed by atoms with E-state index in [2.05, 4.69) is 30.3 Å². The lowest BCUT2D eigenvalue weighted by Gasteiger charge is -2.31. The molecule has 0 radical (unpaired) electrons. The van der Waals surface area contributed by atoms with Crippen molar-refractivity contribution in [3.8, 4) is 0 Å². The fourth-order valence-corrected chi connectivity index (χ4v) is 4.55. The van der Waals surface area contributed by atoms with Crippen molar-refractivity contribution in [1.82, 2.24) is 0 Å². The standard InChI is InChI=1S/C26H20O4/c1-15(27)29-23-14-13-22-21-12-11-17-7-3-4-8-18(17)24(21)19-9-5-6-10-20(19)25(22)26(23)30-16(2)28/h3-14,23,26H,1-2H3/t23-,26+/m0/s1. The zero-order valence-electron chi connectivity index (χ0n) is 16.7. The van der Waals surface area contributed by atoms with Crippen molar-refractivity contribution in [2.75, 3.05) is 0 Å². The van der Waals surface area contributed by atoms with E-state index in [0.29, 0.717) is 0 Å². The Morgan fingerprint density at radius 3 is 2.13 bits per heavy atom. The second-order valence-electron chi connectivity index (χ2n) is 7.55. The molecule has 148 valence electrons. The molecule has 4 heteroatoms. The van der Waals surface area contributed by atoms with Crippen molar-refractivity contribution in [2.24, 2.45) is 0 Å². The average molecular weight is 396 g/mol. The van der Waals surface area contributed by atoms with Crippen molar-refractivity contribution >= 4 is 50.3 Å². The second-order valence-corrected chi connectivity index (χ2v) is 7.55. The summed E-state index contributed by atoms with van der Waals surface area (Å²) in [5, 5.41) is 6.66. The quantitative estimate of drug-likeness (QED) is 0.322. The molecule has 30 heavy (non-hydrogen) atoms. The van der Waals surface area contributed by atoms with Gasteiger partial charge in [-0.1, -0.05) is 66.7 Å². The normalized spacial score (nSPS) is 17.8. The summed E-state index contributed by atoms with van der Waals surface area (Å²) in [6.45, 7) is 2.73. The van der Waals surface area contributed by atoms with Crippen LogP contribution in [0.15, 0.2) is 66.7 Å². The number of ether oxygens (including phenoxy) is 2. The van der Waals surface area contributed by atoms with Crippen LogP contribution in [0.5, 0.6) is 0 Å². The first-order valence-corrected chi connectivity index (χ1v) is 9.93. The molecule has 4 nitrogen and oxygen atoms in total. The first kappa shape index (κ1) is 18.4. The molecule has 0 heterocycles. The smallest absolute Gasteiger partial charge is 0.303 e. The van der Waals surface area contributed by atoms with E-state index in [9.17, 15) is 9.59 Å². The Morgan fingerprint density at radius 2 is 1.40 bits per heavy atom. The van der Waals surface area contributed by atoms with Crippen molar-refractivity contribution in [1.29, 1.82) is 0 Å². The highest BCUT2D eigenvalue weighted by molar-refractivity contribution is 6.23. The molecule has 0 saturated carbocycles. The molecule has 1 aliphatic carbocycles. The highest BCUT2D eigenvalue weighted by atomic mass is 16.6. The van der Waals surface area contributed by atoms with Crippen LogP contribution < -0.4 is 0 Å². The summed E-state index contributed by atoms with van der Waals surface area (Å²) in [4.78, 5) is 23.6. The monoisotopic (exact) mass is 396 g/mol. The highest BCUT2D eigenvalue weighted by Crippen LogP contribution is 2.44. The minimum Gasteiger partial charge on any atom is -0.454 e. The van der Waals surface area contributed by atoms with Crippen LogP contribution in [0.4, 0.5) is 0 Å². The predicted molar refractivity (Wildman–Crippen MR) is 118 cm³/mol. The minimum atomic E-state index is -0.702. The van der Waals surface area contributed by atoms with E-state index in [1.54, 1.807) is 6.08 Å². The predicted octanol–water partition coefficient (Wildman–Crippen LogP) is 5.71. The molecule has 0 aliphatic heterocycles. The summed E-state index contributed by atoms with van der Waals surface area (Å²) >= 11 is 0. The Morgan fingerprint density at radius 1 is 0.733 bits per heavy atom. The van der Waals surface area contributed by atoms with Gasteiger partial charge in [0.05, 0.1) is 0 Å². The van der Waals surface area contributed by atoms with Gasteiger partial charge in [-0.2, -0.15) is 0 Å². The molecule has 0 N–H and O–H groups in total. The number of rotatable bonds is 2. The molecule has 5 rings (SSSR count). The molecule has 2 atom stereocenters. The Hall–Kier alpha value is -3.66. The summed E-state index contributed by atoms with van der Waals surface area (Å²) < 4.78 is 11.2. The van der Waals surface area contributed by atoms with Gasteiger partial charge in [-0.15, -0.1) is 0 Å². The van der Waals surface area contributed by atoms with Gasteiger partial charge in [0, 0.05) is 19.4 Å². The first-order chi connectivity index (χ1) is 14.5. The van der Waals surface area contributed by atoms with Crippen molar-refractivity contribution in [3.63, 3.8) is 0 Å². The van der Waals surface area contributed by atoms with Crippen LogP contribution in [0, 0.1) is 0 Å². The van der Waals surface area contributed by atoms with E-state index in [1.807, 2.05) is 36.4 Å². The van der Waals surface area contributed by atoms with Gasteiger partial charge in [0.2, 0.25) is 0 Å².